The van der Waals surface area contributed by atoms with E-state index in [2.05, 4.69) is 19.2 Å². The van der Waals surface area contributed by atoms with Crippen molar-refractivity contribution >= 4 is 28.0 Å². The molecule has 24 heavy (non-hydrogen) atoms. The van der Waals surface area contributed by atoms with Crippen molar-refractivity contribution in [2.45, 2.75) is 27.7 Å². The molecule has 0 aliphatic heterocycles. The molecule has 0 spiro atoms. The third kappa shape index (κ3) is 4.52. The molecule has 2 aromatic rings. The van der Waals surface area contributed by atoms with Gasteiger partial charge in [0.2, 0.25) is 0 Å². The number of carbonyl (C=O) groups is 2. The molecule has 0 aliphatic carbocycles. The lowest BCUT2D eigenvalue weighted by Gasteiger charge is -2.14. The maximum absolute atomic E-state index is 12.8. The van der Waals surface area contributed by atoms with E-state index in [1.807, 2.05) is 44.2 Å². The van der Waals surface area contributed by atoms with Gasteiger partial charge in [0.1, 0.15) is 5.00 Å². The Labute approximate surface area is 147 Å². The Hall–Kier alpha value is -1.98. The first-order valence-electron chi connectivity index (χ1n) is 8.29. The Morgan fingerprint density at radius 1 is 1.08 bits per heavy atom. The lowest BCUT2D eigenvalue weighted by Crippen LogP contribution is -3.12. The van der Waals surface area contributed by atoms with Gasteiger partial charge in [-0.3, -0.25) is 9.59 Å². The number of thiophene rings is 1. The van der Waals surface area contributed by atoms with E-state index < -0.39 is 0 Å². The largest absolute Gasteiger partial charge is 0.328 e. The Bertz CT molecular complexity index is 715. The van der Waals surface area contributed by atoms with Crippen LogP contribution >= 0.6 is 11.3 Å². The standard InChI is InChI=1S/C19H24N2O2S/c1-5-21(6-2)12-17(22)20-19-16(11-14(4)24-19)18(23)15-9-7-13(3)8-10-15/h7-11H,5-6,12H2,1-4H3,(H,20,22)/p+1. The van der Waals surface area contributed by atoms with E-state index in [4.69, 9.17) is 0 Å². The van der Waals surface area contributed by atoms with Gasteiger partial charge in [0.05, 0.1) is 18.7 Å². The topological polar surface area (TPSA) is 50.6 Å². The summed E-state index contributed by atoms with van der Waals surface area (Å²) in [6.45, 7) is 10.3. The fraction of sp³-hybridized carbons (Fsp3) is 0.368. The van der Waals surface area contributed by atoms with Crippen LogP contribution < -0.4 is 10.2 Å². The summed E-state index contributed by atoms with van der Waals surface area (Å²) < 4.78 is 0. The van der Waals surface area contributed by atoms with E-state index in [1.54, 1.807) is 0 Å². The molecule has 0 bridgehead atoms. The highest BCUT2D eigenvalue weighted by atomic mass is 32.1. The van der Waals surface area contributed by atoms with E-state index in [1.165, 1.54) is 16.2 Å². The van der Waals surface area contributed by atoms with Gasteiger partial charge in [-0.2, -0.15) is 0 Å². The molecule has 2 N–H and O–H groups in total. The Morgan fingerprint density at radius 2 is 1.71 bits per heavy atom. The quantitative estimate of drug-likeness (QED) is 0.758. The first-order valence-corrected chi connectivity index (χ1v) is 9.11. The third-order valence-electron chi connectivity index (χ3n) is 4.08. The van der Waals surface area contributed by atoms with Crippen LogP contribution in [-0.2, 0) is 4.79 Å². The number of likely N-dealkylation sites (N-methyl/N-ethyl adjacent to an activating group) is 1. The second kappa shape index (κ2) is 8.22. The number of carbonyl (C=O) groups excluding carboxylic acids is 2. The van der Waals surface area contributed by atoms with Crippen molar-refractivity contribution in [1.82, 2.24) is 0 Å². The molecule has 2 rings (SSSR count). The normalized spacial score (nSPS) is 10.9. The van der Waals surface area contributed by atoms with E-state index >= 15 is 0 Å². The van der Waals surface area contributed by atoms with Crippen molar-refractivity contribution in [3.63, 3.8) is 0 Å². The molecule has 1 aromatic heterocycles. The predicted octanol–water partition coefficient (Wildman–Crippen LogP) is 2.46. The number of rotatable bonds is 7. The van der Waals surface area contributed by atoms with Crippen LogP contribution in [0.3, 0.4) is 0 Å². The molecule has 0 aliphatic rings. The SMILES string of the molecule is CC[NH+](CC)CC(=O)Nc1sc(C)cc1C(=O)c1ccc(C)cc1. The minimum absolute atomic E-state index is 0.0477. The summed E-state index contributed by atoms with van der Waals surface area (Å²) in [7, 11) is 0. The number of anilines is 1. The third-order valence-corrected chi connectivity index (χ3v) is 5.04. The summed E-state index contributed by atoms with van der Waals surface area (Å²) in [5.41, 5.74) is 2.33. The highest BCUT2D eigenvalue weighted by molar-refractivity contribution is 7.16. The number of aryl methyl sites for hydroxylation is 2. The molecule has 5 heteroatoms. The van der Waals surface area contributed by atoms with Crippen molar-refractivity contribution in [3.8, 4) is 0 Å². The maximum atomic E-state index is 12.8. The number of benzene rings is 1. The van der Waals surface area contributed by atoms with Crippen LogP contribution in [0.4, 0.5) is 5.00 Å². The Balaban J connectivity index is 2.19. The van der Waals surface area contributed by atoms with Crippen LogP contribution in [0.5, 0.6) is 0 Å². The fourth-order valence-electron chi connectivity index (χ4n) is 2.53. The molecule has 128 valence electrons. The molecule has 0 saturated heterocycles. The van der Waals surface area contributed by atoms with Crippen LogP contribution in [-0.4, -0.2) is 31.3 Å². The molecule has 4 nitrogen and oxygen atoms in total. The minimum atomic E-state index is -0.0511. The first-order chi connectivity index (χ1) is 11.4. The summed E-state index contributed by atoms with van der Waals surface area (Å²) in [5.74, 6) is -0.0988. The van der Waals surface area contributed by atoms with Gasteiger partial charge in [-0.1, -0.05) is 29.8 Å². The summed E-state index contributed by atoms with van der Waals surface area (Å²) >= 11 is 1.45. The Morgan fingerprint density at radius 3 is 2.29 bits per heavy atom. The lowest BCUT2D eigenvalue weighted by molar-refractivity contribution is -0.888. The minimum Gasteiger partial charge on any atom is -0.328 e. The van der Waals surface area contributed by atoms with Crippen molar-refractivity contribution in [3.05, 3.63) is 51.9 Å². The molecular weight excluding hydrogens is 320 g/mol. The molecule has 1 aromatic carbocycles. The average Bonchev–Trinajstić information content (AvgIpc) is 2.92. The number of hydrogen-bond donors (Lipinski definition) is 2. The summed E-state index contributed by atoms with van der Waals surface area (Å²) in [6.07, 6.45) is 0. The summed E-state index contributed by atoms with van der Waals surface area (Å²) in [6, 6.07) is 9.36. The molecule has 1 heterocycles. The highest BCUT2D eigenvalue weighted by Crippen LogP contribution is 2.29. The van der Waals surface area contributed by atoms with Gasteiger partial charge in [0, 0.05) is 10.4 Å². The number of amides is 1. The first kappa shape index (κ1) is 18.4. The lowest BCUT2D eigenvalue weighted by atomic mass is 10.0. The maximum Gasteiger partial charge on any atom is 0.280 e. The van der Waals surface area contributed by atoms with Crippen LogP contribution in [0.25, 0.3) is 0 Å². The van der Waals surface area contributed by atoms with Gasteiger partial charge in [-0.15, -0.1) is 11.3 Å². The summed E-state index contributed by atoms with van der Waals surface area (Å²) in [5, 5.41) is 3.58. The molecular formula is C19H25N2O2S+. The van der Waals surface area contributed by atoms with E-state index in [-0.39, 0.29) is 11.7 Å². The van der Waals surface area contributed by atoms with Crippen molar-refractivity contribution in [2.75, 3.05) is 25.0 Å². The smallest absolute Gasteiger partial charge is 0.280 e. The van der Waals surface area contributed by atoms with Crippen molar-refractivity contribution in [2.24, 2.45) is 0 Å². The molecule has 0 fully saturated rings. The molecule has 0 radical (unpaired) electrons. The zero-order chi connectivity index (χ0) is 17.7. The van der Waals surface area contributed by atoms with Gasteiger partial charge >= 0.3 is 0 Å². The van der Waals surface area contributed by atoms with Crippen LogP contribution in [0.15, 0.2) is 30.3 Å². The number of hydrogen-bond acceptors (Lipinski definition) is 3. The van der Waals surface area contributed by atoms with E-state index in [9.17, 15) is 9.59 Å². The van der Waals surface area contributed by atoms with Gasteiger partial charge in [0.15, 0.2) is 12.3 Å². The molecule has 0 unspecified atom stereocenters. The van der Waals surface area contributed by atoms with Gasteiger partial charge in [-0.25, -0.2) is 0 Å². The number of quaternary nitrogens is 1. The van der Waals surface area contributed by atoms with Crippen molar-refractivity contribution < 1.29 is 14.5 Å². The summed E-state index contributed by atoms with van der Waals surface area (Å²) in [4.78, 5) is 27.3. The average molecular weight is 345 g/mol. The second-order valence-electron chi connectivity index (χ2n) is 5.98. The van der Waals surface area contributed by atoms with Gasteiger partial charge < -0.3 is 10.2 Å². The number of ketones is 1. The predicted molar refractivity (Wildman–Crippen MR) is 99.2 cm³/mol. The number of nitrogens with one attached hydrogen (secondary N) is 2. The molecule has 1 amide bonds. The van der Waals surface area contributed by atoms with Crippen LogP contribution in [0.2, 0.25) is 0 Å². The molecule has 0 atom stereocenters. The zero-order valence-corrected chi connectivity index (χ0v) is 15.5. The fourth-order valence-corrected chi connectivity index (χ4v) is 3.46. The van der Waals surface area contributed by atoms with Crippen LogP contribution in [0, 0.1) is 13.8 Å². The second-order valence-corrected chi connectivity index (χ2v) is 7.23. The monoisotopic (exact) mass is 345 g/mol. The zero-order valence-electron chi connectivity index (χ0n) is 14.7. The Kier molecular flexibility index (Phi) is 6.29. The van der Waals surface area contributed by atoms with E-state index in [0.29, 0.717) is 22.7 Å². The van der Waals surface area contributed by atoms with Gasteiger partial charge in [-0.05, 0) is 33.8 Å². The molecule has 0 saturated carbocycles. The highest BCUT2D eigenvalue weighted by Gasteiger charge is 2.19. The van der Waals surface area contributed by atoms with Crippen molar-refractivity contribution in [1.29, 1.82) is 0 Å². The van der Waals surface area contributed by atoms with Gasteiger partial charge in [0.25, 0.3) is 5.91 Å². The van der Waals surface area contributed by atoms with E-state index in [0.717, 1.165) is 23.5 Å². The van der Waals surface area contributed by atoms with Crippen LogP contribution in [0.1, 0.15) is 40.2 Å².